The zero-order valence-electron chi connectivity index (χ0n) is 6.88. The molecule has 12 heavy (non-hydrogen) atoms. The van der Waals surface area contributed by atoms with Gasteiger partial charge < -0.3 is 4.74 Å². The van der Waals surface area contributed by atoms with E-state index in [0.29, 0.717) is 0 Å². The van der Waals surface area contributed by atoms with Crippen LogP contribution in [-0.4, -0.2) is 18.6 Å². The van der Waals surface area contributed by atoms with Crippen LogP contribution in [0.2, 0.25) is 0 Å². The van der Waals surface area contributed by atoms with Gasteiger partial charge in [-0.05, 0) is 6.42 Å². The van der Waals surface area contributed by atoms with E-state index in [2.05, 4.69) is 19.1 Å². The maximum absolute atomic E-state index is 6.00. The Bertz CT molecular complexity index is 184. The van der Waals surface area contributed by atoms with Crippen LogP contribution < -0.4 is 0 Å². The Morgan fingerprint density at radius 3 is 2.67 bits per heavy atom. The van der Waals surface area contributed by atoms with E-state index in [-0.39, 0.29) is 18.9 Å². The number of alkyl halides is 1. The van der Waals surface area contributed by atoms with Gasteiger partial charge in [-0.25, -0.2) is 0 Å². The maximum Gasteiger partial charge on any atom is 0.0954 e. The topological polar surface area (TPSA) is 9.23 Å². The van der Waals surface area contributed by atoms with E-state index >= 15 is 0 Å². The fourth-order valence-corrected chi connectivity index (χ4v) is 1.47. The molecular weight excluding hydrogens is 172 g/mol. The van der Waals surface area contributed by atoms with Gasteiger partial charge in [0, 0.05) is 7.11 Å². The Morgan fingerprint density at radius 2 is 2.25 bits per heavy atom. The third-order valence-electron chi connectivity index (χ3n) is 1.87. The van der Waals surface area contributed by atoms with Crippen LogP contribution in [0.3, 0.4) is 0 Å². The molecule has 0 aromatic heterocycles. The molecule has 0 spiro atoms. The van der Waals surface area contributed by atoms with E-state index in [0.717, 1.165) is 6.42 Å². The third-order valence-corrected chi connectivity index (χ3v) is 2.24. The number of hydrogen-bond donors (Lipinski definition) is 0. The number of halogens is 1. The van der Waals surface area contributed by atoms with Crippen molar-refractivity contribution in [3.8, 4) is 0 Å². The average Bonchev–Trinajstić information content (AvgIpc) is 2.04. The zero-order chi connectivity index (χ0) is 8.27. The highest BCUT2D eigenvalue weighted by molar-refractivity contribution is 6.22. The molecule has 2 unspecified atom stereocenters. The first kappa shape index (κ1) is 11.7. The van der Waals surface area contributed by atoms with Gasteiger partial charge >= 0.3 is 0 Å². The van der Waals surface area contributed by atoms with Crippen LogP contribution >= 0.6 is 11.6 Å². The van der Waals surface area contributed by atoms with Crippen LogP contribution in [0.25, 0.3) is 0 Å². The highest BCUT2D eigenvalue weighted by Crippen LogP contribution is 2.19. The third kappa shape index (κ3) is 2.65. The molecule has 0 heterocycles. The smallest absolute Gasteiger partial charge is 0.0954 e. The molecule has 2 atom stereocenters. The van der Waals surface area contributed by atoms with Gasteiger partial charge in [-0.2, -0.15) is 0 Å². The Kier molecular flexibility index (Phi) is 5.27. The first-order valence-corrected chi connectivity index (χ1v) is 4.27. The fraction of sp³-hybridized carbons (Fsp3) is 0.600. The number of hydrogen-bond acceptors (Lipinski definition) is 1. The Hall–Kier alpha value is -0.270. The molecule has 0 aromatic carbocycles. The molecule has 0 bridgehead atoms. The summed E-state index contributed by atoms with van der Waals surface area (Å²) in [6.45, 7) is 2.12. The lowest BCUT2D eigenvalue weighted by Gasteiger charge is -2.19. The normalized spacial score (nSPS) is 27.8. The monoisotopic (exact) mass is 188 g/mol. The number of ether oxygens (including phenoxy) is 1. The second-order valence-corrected chi connectivity index (χ2v) is 3.10. The van der Waals surface area contributed by atoms with Crippen LogP contribution in [0.5, 0.6) is 0 Å². The minimum atomic E-state index is -0.0000463. The summed E-state index contributed by atoms with van der Waals surface area (Å²) >= 11 is 6.00. The summed E-state index contributed by atoms with van der Waals surface area (Å²) < 4.78 is 5.13. The fourth-order valence-electron chi connectivity index (χ4n) is 1.12. The Morgan fingerprint density at radius 1 is 1.58 bits per heavy atom. The summed E-state index contributed by atoms with van der Waals surface area (Å²) in [5, 5.41) is -0.0000463. The van der Waals surface area contributed by atoms with Crippen molar-refractivity contribution in [2.24, 2.45) is 0 Å². The Balaban J connectivity index is 0.00000121. The van der Waals surface area contributed by atoms with Crippen LogP contribution in [0.4, 0.5) is 0 Å². The highest BCUT2D eigenvalue weighted by Gasteiger charge is 2.16. The zero-order valence-corrected chi connectivity index (χ0v) is 7.64. The molecule has 1 aliphatic carbocycles. The second kappa shape index (κ2) is 5.39. The largest absolute Gasteiger partial charge is 0.375 e. The molecule has 70 valence electrons. The predicted molar refractivity (Wildman–Crippen MR) is 54.7 cm³/mol. The van der Waals surface area contributed by atoms with Crippen LogP contribution in [0.15, 0.2) is 23.8 Å². The lowest BCUT2D eigenvalue weighted by Crippen LogP contribution is -2.21. The molecule has 0 fully saturated rings. The molecule has 1 rings (SSSR count). The number of rotatable bonds is 2. The number of allylic oxidation sites excluding steroid dienone is 2. The van der Waals surface area contributed by atoms with Gasteiger partial charge in [-0.3, -0.25) is 0 Å². The molecule has 0 saturated carbocycles. The standard InChI is InChI=1S/C9H13ClO.CH4/c1-3-7-4-5-9(11-2)8(10)6-7;/h4-6,8-9H,3H2,1-2H3;1H4. The minimum absolute atomic E-state index is 0. The van der Waals surface area contributed by atoms with Crippen molar-refractivity contribution < 1.29 is 4.74 Å². The Labute approximate surface area is 80.1 Å². The molecule has 1 nitrogen and oxygen atoms in total. The second-order valence-electron chi connectivity index (χ2n) is 2.60. The SMILES string of the molecule is C.CCC1=CC(Cl)C(OC)C=C1. The van der Waals surface area contributed by atoms with Crippen molar-refractivity contribution in [2.45, 2.75) is 32.3 Å². The lowest BCUT2D eigenvalue weighted by molar-refractivity contribution is 0.145. The van der Waals surface area contributed by atoms with Crippen molar-refractivity contribution in [3.63, 3.8) is 0 Å². The summed E-state index contributed by atoms with van der Waals surface area (Å²) in [7, 11) is 1.68. The summed E-state index contributed by atoms with van der Waals surface area (Å²) in [6.07, 6.45) is 7.22. The van der Waals surface area contributed by atoms with Gasteiger partial charge in [-0.15, -0.1) is 11.6 Å². The molecule has 0 saturated heterocycles. The summed E-state index contributed by atoms with van der Waals surface area (Å²) in [5.74, 6) is 0. The van der Waals surface area contributed by atoms with Crippen molar-refractivity contribution in [2.75, 3.05) is 7.11 Å². The van der Waals surface area contributed by atoms with Crippen molar-refractivity contribution in [1.82, 2.24) is 0 Å². The first-order valence-electron chi connectivity index (χ1n) is 3.83. The molecule has 0 N–H and O–H groups in total. The van der Waals surface area contributed by atoms with Gasteiger partial charge in [0.15, 0.2) is 0 Å². The summed E-state index contributed by atoms with van der Waals surface area (Å²) in [6, 6.07) is 0. The molecule has 0 aromatic rings. The average molecular weight is 189 g/mol. The lowest BCUT2D eigenvalue weighted by atomic mass is 10.0. The van der Waals surface area contributed by atoms with Crippen molar-refractivity contribution >= 4 is 11.6 Å². The van der Waals surface area contributed by atoms with Gasteiger partial charge in [0.05, 0.1) is 11.5 Å². The molecule has 0 amide bonds. The quantitative estimate of drug-likeness (QED) is 0.605. The van der Waals surface area contributed by atoms with E-state index in [1.54, 1.807) is 7.11 Å². The highest BCUT2D eigenvalue weighted by atomic mass is 35.5. The minimum Gasteiger partial charge on any atom is -0.375 e. The summed E-state index contributed by atoms with van der Waals surface area (Å²) in [4.78, 5) is 0. The van der Waals surface area contributed by atoms with E-state index in [4.69, 9.17) is 16.3 Å². The predicted octanol–water partition coefficient (Wildman–Crippen LogP) is 3.15. The number of methoxy groups -OCH3 is 1. The molecular formula is C10H17ClO. The van der Waals surface area contributed by atoms with Gasteiger partial charge in [0.25, 0.3) is 0 Å². The van der Waals surface area contributed by atoms with Gasteiger partial charge in [0.2, 0.25) is 0 Å². The van der Waals surface area contributed by atoms with E-state index in [9.17, 15) is 0 Å². The van der Waals surface area contributed by atoms with Gasteiger partial charge in [0.1, 0.15) is 0 Å². The van der Waals surface area contributed by atoms with Crippen LogP contribution in [0, 0.1) is 0 Å². The van der Waals surface area contributed by atoms with Gasteiger partial charge in [-0.1, -0.05) is 38.2 Å². The van der Waals surface area contributed by atoms with Crippen LogP contribution in [-0.2, 0) is 4.74 Å². The molecule has 2 heteroatoms. The van der Waals surface area contributed by atoms with E-state index in [1.807, 2.05) is 6.08 Å². The van der Waals surface area contributed by atoms with E-state index in [1.165, 1.54) is 5.57 Å². The van der Waals surface area contributed by atoms with Crippen molar-refractivity contribution in [3.05, 3.63) is 23.8 Å². The summed E-state index contributed by atoms with van der Waals surface area (Å²) in [5.41, 5.74) is 1.29. The molecule has 0 aliphatic heterocycles. The van der Waals surface area contributed by atoms with E-state index < -0.39 is 0 Å². The van der Waals surface area contributed by atoms with Crippen LogP contribution in [0.1, 0.15) is 20.8 Å². The molecule has 1 aliphatic rings. The molecule has 0 radical (unpaired) electrons. The maximum atomic E-state index is 6.00. The first-order chi connectivity index (χ1) is 5.27. The van der Waals surface area contributed by atoms with Crippen molar-refractivity contribution in [1.29, 1.82) is 0 Å².